The number of hydrogen-bond donors (Lipinski definition) is 3. The topological polar surface area (TPSA) is 101 Å². The molecule has 1 saturated heterocycles. The molecule has 0 spiro atoms. The second-order valence-electron chi connectivity index (χ2n) is 8.76. The number of hydrogen-bond acceptors (Lipinski definition) is 8. The van der Waals surface area contributed by atoms with Gasteiger partial charge < -0.3 is 19.6 Å². The zero-order valence-corrected chi connectivity index (χ0v) is 18.8. The fourth-order valence-electron chi connectivity index (χ4n) is 4.69. The number of rotatable bonds is 8. The Morgan fingerprint density at radius 1 is 1.21 bits per heavy atom. The smallest absolute Gasteiger partial charge is 0.466 e. The number of esters is 1. The Labute approximate surface area is 195 Å². The molecule has 2 aliphatic heterocycles. The first-order chi connectivity index (χ1) is 16.2. The number of amides is 1. The summed E-state index contributed by atoms with van der Waals surface area (Å²) in [7, 11) is 0. The number of nitrogens with zero attached hydrogens (tertiary/aromatic N) is 1. The SMILES string of the molecule is CCOC(=O)C1CCC(N2CC(NC(=O)CNC3NOc4ccc(OC(F)(F)F)cc43)C2)CC1. The number of carbonyl (C=O) groups is 2. The molecule has 0 aromatic heterocycles. The van der Waals surface area contributed by atoms with Crippen LogP contribution in [0.5, 0.6) is 11.5 Å². The van der Waals surface area contributed by atoms with Crippen LogP contribution in [0.1, 0.15) is 44.3 Å². The van der Waals surface area contributed by atoms with E-state index in [9.17, 15) is 22.8 Å². The van der Waals surface area contributed by atoms with Gasteiger partial charge in [0.05, 0.1) is 25.1 Å². The molecule has 1 aliphatic carbocycles. The van der Waals surface area contributed by atoms with E-state index in [4.69, 9.17) is 9.57 Å². The first-order valence-electron chi connectivity index (χ1n) is 11.5. The first-order valence-corrected chi connectivity index (χ1v) is 11.5. The number of likely N-dealkylation sites (tertiary alicyclic amines) is 1. The maximum absolute atomic E-state index is 12.5. The summed E-state index contributed by atoms with van der Waals surface area (Å²) in [6, 6.07) is 4.22. The monoisotopic (exact) mass is 486 g/mol. The molecule has 1 aromatic carbocycles. The van der Waals surface area contributed by atoms with Gasteiger partial charge in [-0.2, -0.15) is 0 Å². The van der Waals surface area contributed by atoms with E-state index in [0.29, 0.717) is 24.0 Å². The number of ether oxygens (including phenoxy) is 2. The fraction of sp³-hybridized carbons (Fsp3) is 0.636. The van der Waals surface area contributed by atoms with Crippen molar-refractivity contribution in [3.63, 3.8) is 0 Å². The van der Waals surface area contributed by atoms with Crippen LogP contribution in [0.15, 0.2) is 18.2 Å². The van der Waals surface area contributed by atoms with E-state index in [-0.39, 0.29) is 36.1 Å². The lowest BCUT2D eigenvalue weighted by Gasteiger charge is -2.46. The second kappa shape index (κ2) is 10.4. The number of benzene rings is 1. The van der Waals surface area contributed by atoms with Crippen molar-refractivity contribution in [2.75, 3.05) is 26.2 Å². The second-order valence-corrected chi connectivity index (χ2v) is 8.76. The van der Waals surface area contributed by atoms with Gasteiger partial charge in [0.25, 0.3) is 0 Å². The highest BCUT2D eigenvalue weighted by Crippen LogP contribution is 2.34. The van der Waals surface area contributed by atoms with Crippen LogP contribution in [0.2, 0.25) is 0 Å². The van der Waals surface area contributed by atoms with Gasteiger partial charge in [-0.15, -0.1) is 18.7 Å². The fourth-order valence-corrected chi connectivity index (χ4v) is 4.69. The Kier molecular flexibility index (Phi) is 7.48. The largest absolute Gasteiger partial charge is 0.573 e. The van der Waals surface area contributed by atoms with Crippen molar-refractivity contribution >= 4 is 11.9 Å². The molecule has 34 heavy (non-hydrogen) atoms. The van der Waals surface area contributed by atoms with Crippen molar-refractivity contribution in [2.45, 2.75) is 57.2 Å². The predicted octanol–water partition coefficient (Wildman–Crippen LogP) is 1.99. The average Bonchev–Trinajstić information content (AvgIpc) is 3.16. The molecule has 2 fully saturated rings. The summed E-state index contributed by atoms with van der Waals surface area (Å²) in [5.41, 5.74) is 3.07. The summed E-state index contributed by atoms with van der Waals surface area (Å²) in [5, 5.41) is 5.90. The molecule has 1 aromatic rings. The lowest BCUT2D eigenvalue weighted by molar-refractivity contribution is -0.274. The zero-order valence-electron chi connectivity index (χ0n) is 18.8. The summed E-state index contributed by atoms with van der Waals surface area (Å²) in [6.45, 7) is 3.70. The van der Waals surface area contributed by atoms with E-state index < -0.39 is 12.5 Å². The molecule has 4 rings (SSSR count). The van der Waals surface area contributed by atoms with E-state index in [1.54, 1.807) is 0 Å². The molecule has 188 valence electrons. The summed E-state index contributed by atoms with van der Waals surface area (Å²) >= 11 is 0. The average molecular weight is 486 g/mol. The molecule has 0 bridgehead atoms. The van der Waals surface area contributed by atoms with Crippen molar-refractivity contribution < 1.29 is 37.1 Å². The Balaban J connectivity index is 1.16. The van der Waals surface area contributed by atoms with Crippen LogP contribution >= 0.6 is 0 Å². The predicted molar refractivity (Wildman–Crippen MR) is 114 cm³/mol. The molecule has 2 heterocycles. The van der Waals surface area contributed by atoms with Crippen molar-refractivity contribution in [3.05, 3.63) is 23.8 Å². The van der Waals surface area contributed by atoms with E-state index in [0.717, 1.165) is 44.8 Å². The number of hydroxylamine groups is 1. The number of nitrogens with one attached hydrogen (secondary N) is 3. The Morgan fingerprint density at radius 3 is 2.62 bits per heavy atom. The number of fused-ring (bicyclic) bond motifs is 1. The van der Waals surface area contributed by atoms with E-state index in [1.165, 1.54) is 12.1 Å². The van der Waals surface area contributed by atoms with Crippen LogP contribution in [0.4, 0.5) is 13.2 Å². The molecular formula is C22H29F3N4O5. The Bertz CT molecular complexity index is 886. The van der Waals surface area contributed by atoms with Crippen LogP contribution in [0.25, 0.3) is 0 Å². The number of carbonyl (C=O) groups excluding carboxylic acids is 2. The summed E-state index contributed by atoms with van der Waals surface area (Å²) in [6.07, 6.45) is -1.90. The zero-order chi connectivity index (χ0) is 24.3. The summed E-state index contributed by atoms with van der Waals surface area (Å²) in [4.78, 5) is 31.8. The van der Waals surface area contributed by atoms with Gasteiger partial charge in [0.1, 0.15) is 11.9 Å². The maximum Gasteiger partial charge on any atom is 0.573 e. The molecule has 1 unspecified atom stereocenters. The molecule has 3 N–H and O–H groups in total. The van der Waals surface area contributed by atoms with Gasteiger partial charge in [0.2, 0.25) is 5.91 Å². The minimum atomic E-state index is -4.79. The highest BCUT2D eigenvalue weighted by atomic mass is 19.4. The molecule has 3 aliphatic rings. The van der Waals surface area contributed by atoms with E-state index in [1.807, 2.05) is 6.92 Å². The van der Waals surface area contributed by atoms with Crippen LogP contribution in [0.3, 0.4) is 0 Å². The molecule has 1 saturated carbocycles. The van der Waals surface area contributed by atoms with Gasteiger partial charge in [0, 0.05) is 24.7 Å². The van der Waals surface area contributed by atoms with Crippen molar-refractivity contribution in [3.8, 4) is 11.5 Å². The first kappa shape index (κ1) is 24.6. The summed E-state index contributed by atoms with van der Waals surface area (Å²) < 4.78 is 46.5. The Hall–Kier alpha value is -2.57. The molecule has 12 heteroatoms. The van der Waals surface area contributed by atoms with Crippen LogP contribution in [0, 0.1) is 5.92 Å². The van der Waals surface area contributed by atoms with Gasteiger partial charge in [-0.05, 0) is 50.8 Å². The standard InChI is InChI=1S/C22H29F3N4O5/c1-2-32-21(31)13-3-5-15(6-4-13)29-11-14(12-29)27-19(30)10-26-20-17-9-16(33-22(23,24)25)7-8-18(17)34-28-20/h7-9,13-15,20,26,28H,2-6,10-12H2,1H3,(H,27,30). The minimum Gasteiger partial charge on any atom is -0.466 e. The van der Waals surface area contributed by atoms with Gasteiger partial charge in [0.15, 0.2) is 5.75 Å². The van der Waals surface area contributed by atoms with E-state index in [2.05, 4.69) is 25.8 Å². The lowest BCUT2D eigenvalue weighted by atomic mass is 9.84. The van der Waals surface area contributed by atoms with Crippen LogP contribution in [-0.4, -0.2) is 61.5 Å². The molecule has 1 atom stereocenters. The van der Waals surface area contributed by atoms with Gasteiger partial charge >= 0.3 is 12.3 Å². The van der Waals surface area contributed by atoms with E-state index >= 15 is 0 Å². The highest BCUT2D eigenvalue weighted by Gasteiger charge is 2.37. The normalized spacial score (nSPS) is 25.1. The van der Waals surface area contributed by atoms with Crippen molar-refractivity contribution in [2.24, 2.45) is 5.92 Å². The van der Waals surface area contributed by atoms with Crippen molar-refractivity contribution in [1.82, 2.24) is 21.0 Å². The molecule has 1 amide bonds. The third-order valence-electron chi connectivity index (χ3n) is 6.39. The maximum atomic E-state index is 12.5. The quantitative estimate of drug-likeness (QED) is 0.480. The van der Waals surface area contributed by atoms with Gasteiger partial charge in [-0.3, -0.25) is 19.8 Å². The summed E-state index contributed by atoms with van der Waals surface area (Å²) in [5.74, 6) is -0.321. The van der Waals surface area contributed by atoms with Crippen LogP contribution < -0.4 is 25.7 Å². The number of halogens is 3. The molecule has 9 nitrogen and oxygen atoms in total. The Morgan fingerprint density at radius 2 is 1.94 bits per heavy atom. The lowest BCUT2D eigenvalue weighted by Crippen LogP contribution is -2.63. The molecule has 0 radical (unpaired) electrons. The third-order valence-corrected chi connectivity index (χ3v) is 6.39. The third kappa shape index (κ3) is 6.10. The van der Waals surface area contributed by atoms with Gasteiger partial charge in [-0.25, -0.2) is 0 Å². The van der Waals surface area contributed by atoms with Crippen LogP contribution in [-0.2, 0) is 14.3 Å². The minimum absolute atomic E-state index is 0.00605. The number of alkyl halides is 3. The van der Waals surface area contributed by atoms with Gasteiger partial charge in [-0.1, -0.05) is 0 Å². The molecular weight excluding hydrogens is 457 g/mol. The highest BCUT2D eigenvalue weighted by molar-refractivity contribution is 5.78. The van der Waals surface area contributed by atoms with Crippen molar-refractivity contribution in [1.29, 1.82) is 0 Å².